The van der Waals surface area contributed by atoms with Gasteiger partial charge in [-0.05, 0) is 42.7 Å². The van der Waals surface area contributed by atoms with Crippen LogP contribution in [0.4, 0.5) is 0 Å². The van der Waals surface area contributed by atoms with E-state index in [-0.39, 0.29) is 12.2 Å². The molecule has 0 spiro atoms. The molecule has 2 aliphatic rings. The Hall–Kier alpha value is -1.63. The molecule has 1 aromatic heterocycles. The van der Waals surface area contributed by atoms with Crippen LogP contribution in [-0.4, -0.2) is 46.9 Å². The van der Waals surface area contributed by atoms with Crippen LogP contribution >= 0.6 is 15.9 Å². The minimum atomic E-state index is -0.532. The molecule has 2 aliphatic heterocycles. The lowest BCUT2D eigenvalue weighted by Crippen LogP contribution is -2.49. The molecular formula is C20H23BrN2O3. The Morgan fingerprint density at radius 3 is 2.77 bits per heavy atom. The van der Waals surface area contributed by atoms with Gasteiger partial charge in [0.25, 0.3) is 5.56 Å². The van der Waals surface area contributed by atoms with E-state index in [1.165, 1.54) is 0 Å². The highest BCUT2D eigenvalue weighted by atomic mass is 79.9. The van der Waals surface area contributed by atoms with Crippen molar-refractivity contribution in [3.05, 3.63) is 63.0 Å². The highest BCUT2D eigenvalue weighted by Gasteiger charge is 2.34. The molecular weight excluding hydrogens is 396 g/mol. The highest BCUT2D eigenvalue weighted by molar-refractivity contribution is 9.10. The topological polar surface area (TPSA) is 54.7 Å². The summed E-state index contributed by atoms with van der Waals surface area (Å²) < 4.78 is 8.63. The van der Waals surface area contributed by atoms with E-state index in [4.69, 9.17) is 4.74 Å². The molecule has 1 N–H and O–H groups in total. The number of hydrogen-bond acceptors (Lipinski definition) is 4. The van der Waals surface area contributed by atoms with Gasteiger partial charge in [0, 0.05) is 48.3 Å². The molecule has 0 unspecified atom stereocenters. The van der Waals surface area contributed by atoms with Crippen molar-refractivity contribution in [2.45, 2.75) is 25.0 Å². The summed E-state index contributed by atoms with van der Waals surface area (Å²) in [6.07, 6.45) is 0.598. The van der Waals surface area contributed by atoms with Crippen LogP contribution in [-0.2, 0) is 6.54 Å². The van der Waals surface area contributed by atoms with Gasteiger partial charge in [-0.15, -0.1) is 0 Å². The van der Waals surface area contributed by atoms with Gasteiger partial charge >= 0.3 is 0 Å². The van der Waals surface area contributed by atoms with Gasteiger partial charge in [-0.3, -0.25) is 9.69 Å². The van der Waals surface area contributed by atoms with Crippen LogP contribution < -0.4 is 10.3 Å². The largest absolute Gasteiger partial charge is 0.491 e. The molecule has 26 heavy (non-hydrogen) atoms. The Bertz CT molecular complexity index is 821. The lowest BCUT2D eigenvalue weighted by molar-refractivity contribution is 0.0384. The molecule has 138 valence electrons. The molecule has 6 heteroatoms. The van der Waals surface area contributed by atoms with Crippen LogP contribution in [0.2, 0.25) is 0 Å². The summed E-state index contributed by atoms with van der Waals surface area (Å²) in [5.74, 6) is 1.60. The Morgan fingerprint density at radius 2 is 1.96 bits per heavy atom. The third-order valence-electron chi connectivity index (χ3n) is 5.28. The zero-order valence-electron chi connectivity index (χ0n) is 14.6. The van der Waals surface area contributed by atoms with Gasteiger partial charge in [-0.2, -0.15) is 0 Å². The van der Waals surface area contributed by atoms with E-state index in [1.54, 1.807) is 6.07 Å². The predicted molar refractivity (Wildman–Crippen MR) is 104 cm³/mol. The lowest BCUT2D eigenvalue weighted by atomic mass is 9.83. The van der Waals surface area contributed by atoms with E-state index in [9.17, 15) is 9.90 Å². The van der Waals surface area contributed by atoms with Gasteiger partial charge in [0.2, 0.25) is 0 Å². The fraction of sp³-hybridized carbons (Fsp3) is 0.450. The third-order valence-corrected chi connectivity index (χ3v) is 5.81. The second-order valence-electron chi connectivity index (χ2n) is 7.34. The van der Waals surface area contributed by atoms with Crippen molar-refractivity contribution in [2.75, 3.05) is 26.2 Å². The molecule has 0 amide bonds. The summed E-state index contributed by atoms with van der Waals surface area (Å²) in [7, 11) is 0. The monoisotopic (exact) mass is 418 g/mol. The molecule has 3 heterocycles. The predicted octanol–water partition coefficient (Wildman–Crippen LogP) is 2.47. The van der Waals surface area contributed by atoms with Crippen molar-refractivity contribution in [3.63, 3.8) is 0 Å². The quantitative estimate of drug-likeness (QED) is 0.809. The van der Waals surface area contributed by atoms with Gasteiger partial charge in [0.1, 0.15) is 18.5 Å². The molecule has 0 radical (unpaired) electrons. The fourth-order valence-corrected chi connectivity index (χ4v) is 4.48. The van der Waals surface area contributed by atoms with Crippen LogP contribution in [0.5, 0.6) is 5.75 Å². The molecule has 4 rings (SSSR count). The first-order valence-electron chi connectivity index (χ1n) is 9.07. The van der Waals surface area contributed by atoms with Gasteiger partial charge < -0.3 is 14.4 Å². The Balaban J connectivity index is 1.35. The fourth-order valence-electron chi connectivity index (χ4n) is 4.22. The highest BCUT2D eigenvalue weighted by Crippen LogP contribution is 2.34. The van der Waals surface area contributed by atoms with Crippen molar-refractivity contribution in [2.24, 2.45) is 5.92 Å². The number of aliphatic hydroxyl groups is 1. The summed E-state index contributed by atoms with van der Waals surface area (Å²) in [5.41, 5.74) is 1.24. The Labute approximate surface area is 161 Å². The van der Waals surface area contributed by atoms with Crippen LogP contribution in [0, 0.1) is 5.92 Å². The maximum Gasteiger partial charge on any atom is 0.250 e. The number of aliphatic hydroxyl groups excluding tert-OH is 1. The number of fused-ring (bicyclic) bond motifs is 4. The minimum Gasteiger partial charge on any atom is -0.491 e. The molecule has 0 saturated carbocycles. The molecule has 1 aromatic carbocycles. The van der Waals surface area contributed by atoms with Gasteiger partial charge in [-0.25, -0.2) is 0 Å². The summed E-state index contributed by atoms with van der Waals surface area (Å²) in [6, 6.07) is 13.2. The van der Waals surface area contributed by atoms with Crippen LogP contribution in [0.3, 0.4) is 0 Å². The molecule has 1 fully saturated rings. The number of β-amino-alcohol motifs (C(OH)–C–C–N with tert-alkyl or cyclic N) is 1. The molecule has 2 aromatic rings. The van der Waals surface area contributed by atoms with Crippen LogP contribution in [0.1, 0.15) is 18.0 Å². The Kier molecular flexibility index (Phi) is 5.16. The lowest BCUT2D eigenvalue weighted by Gasteiger charge is -2.43. The summed E-state index contributed by atoms with van der Waals surface area (Å²) in [6.45, 7) is 3.47. The van der Waals surface area contributed by atoms with Crippen molar-refractivity contribution in [3.8, 4) is 5.75 Å². The normalized spacial score (nSPS) is 23.3. The van der Waals surface area contributed by atoms with Crippen molar-refractivity contribution in [1.29, 1.82) is 0 Å². The van der Waals surface area contributed by atoms with E-state index in [0.29, 0.717) is 18.4 Å². The first-order chi connectivity index (χ1) is 12.6. The minimum absolute atomic E-state index is 0.105. The second kappa shape index (κ2) is 7.55. The average molecular weight is 419 g/mol. The Morgan fingerprint density at radius 1 is 1.15 bits per heavy atom. The van der Waals surface area contributed by atoms with Crippen LogP contribution in [0.25, 0.3) is 0 Å². The second-order valence-corrected chi connectivity index (χ2v) is 8.25. The average Bonchev–Trinajstić information content (AvgIpc) is 2.62. The number of nitrogens with zero attached hydrogens (tertiary/aromatic N) is 2. The number of piperidine rings is 1. The maximum atomic E-state index is 12.1. The van der Waals surface area contributed by atoms with Crippen molar-refractivity contribution >= 4 is 15.9 Å². The van der Waals surface area contributed by atoms with Crippen molar-refractivity contribution in [1.82, 2.24) is 9.47 Å². The van der Waals surface area contributed by atoms with E-state index in [2.05, 4.69) is 26.9 Å². The molecule has 2 bridgehead atoms. The van der Waals surface area contributed by atoms with E-state index >= 15 is 0 Å². The standard InChI is InChI=1S/C20H23BrN2O3/c21-16-4-6-18(7-5-16)26-13-17(24)12-22-9-14-8-15(11-22)19-2-1-3-20(25)23(19)10-14/h1-7,14-15,17,24H,8-13H2/t14-,15-,17+/m1/s1. The maximum absolute atomic E-state index is 12.1. The van der Waals surface area contributed by atoms with Gasteiger partial charge in [0.15, 0.2) is 0 Å². The number of ether oxygens (including phenoxy) is 1. The zero-order chi connectivity index (χ0) is 18.1. The summed E-state index contributed by atoms with van der Waals surface area (Å²) in [5, 5.41) is 10.4. The summed E-state index contributed by atoms with van der Waals surface area (Å²) >= 11 is 3.40. The molecule has 0 aliphatic carbocycles. The third kappa shape index (κ3) is 3.87. The van der Waals surface area contributed by atoms with Crippen LogP contribution in [0.15, 0.2) is 51.7 Å². The first-order valence-corrected chi connectivity index (χ1v) is 9.86. The summed E-state index contributed by atoms with van der Waals surface area (Å²) in [4.78, 5) is 14.4. The number of likely N-dealkylation sites (tertiary alicyclic amines) is 1. The molecule has 5 nitrogen and oxygen atoms in total. The number of rotatable bonds is 5. The SMILES string of the molecule is O=c1cccc2n1C[C@@H]1C[C@@H]2CN(C[C@H](O)COc2ccc(Br)cc2)C1. The molecule has 3 atom stereocenters. The first kappa shape index (κ1) is 17.8. The molecule has 1 saturated heterocycles. The van der Waals surface area contributed by atoms with E-state index in [0.717, 1.165) is 42.0 Å². The van der Waals surface area contributed by atoms with E-state index in [1.807, 2.05) is 34.9 Å². The van der Waals surface area contributed by atoms with E-state index < -0.39 is 6.10 Å². The van der Waals surface area contributed by atoms with Gasteiger partial charge in [-0.1, -0.05) is 22.0 Å². The number of aromatic nitrogens is 1. The van der Waals surface area contributed by atoms with Crippen molar-refractivity contribution < 1.29 is 9.84 Å². The zero-order valence-corrected chi connectivity index (χ0v) is 16.1. The van der Waals surface area contributed by atoms with Gasteiger partial charge in [0.05, 0.1) is 0 Å². The number of hydrogen-bond donors (Lipinski definition) is 1. The number of halogens is 1. The number of benzene rings is 1. The smallest absolute Gasteiger partial charge is 0.250 e. The number of pyridine rings is 1.